The molecular formula is C18H25N5O4S2. The van der Waals surface area contributed by atoms with E-state index in [9.17, 15) is 18.5 Å². The minimum absolute atomic E-state index is 0.0620. The van der Waals surface area contributed by atoms with Crippen LogP contribution in [0.3, 0.4) is 0 Å². The minimum atomic E-state index is -3.77. The van der Waals surface area contributed by atoms with Crippen LogP contribution in [0.15, 0.2) is 33.1 Å². The van der Waals surface area contributed by atoms with Gasteiger partial charge in [0.2, 0.25) is 15.2 Å². The van der Waals surface area contributed by atoms with Crippen LogP contribution < -0.4 is 0 Å². The molecule has 1 aliphatic heterocycles. The normalized spacial score (nSPS) is 18.7. The summed E-state index contributed by atoms with van der Waals surface area (Å²) in [6.45, 7) is 8.80. The van der Waals surface area contributed by atoms with Crippen LogP contribution >= 0.6 is 11.8 Å². The van der Waals surface area contributed by atoms with Gasteiger partial charge in [0.25, 0.3) is 5.69 Å². The smallest absolute Gasteiger partial charge is 0.262 e. The summed E-state index contributed by atoms with van der Waals surface area (Å²) >= 11 is 1.03. The van der Waals surface area contributed by atoms with Gasteiger partial charge in [-0.1, -0.05) is 27.7 Å². The highest BCUT2D eigenvalue weighted by molar-refractivity contribution is 7.99. The summed E-state index contributed by atoms with van der Waals surface area (Å²) in [4.78, 5) is 15.7. The number of hydrogen-bond donors (Lipinski definition) is 1. The summed E-state index contributed by atoms with van der Waals surface area (Å²) < 4.78 is 27.3. The van der Waals surface area contributed by atoms with Crippen LogP contribution in [0.25, 0.3) is 0 Å². The Morgan fingerprint density at radius 1 is 1.34 bits per heavy atom. The number of benzene rings is 1. The highest BCUT2D eigenvalue weighted by Gasteiger charge is 2.31. The second-order valence-electron chi connectivity index (χ2n) is 8.32. The molecule has 1 fully saturated rings. The number of rotatable bonds is 5. The van der Waals surface area contributed by atoms with Gasteiger partial charge in [-0.2, -0.15) is 4.31 Å². The average Bonchev–Trinajstić information content (AvgIpc) is 3.10. The Balaban J connectivity index is 1.91. The lowest BCUT2D eigenvalue weighted by molar-refractivity contribution is -0.388. The van der Waals surface area contributed by atoms with E-state index in [2.05, 4.69) is 15.2 Å². The van der Waals surface area contributed by atoms with E-state index in [1.807, 2.05) is 27.7 Å². The number of nitro benzene ring substituents is 1. The summed E-state index contributed by atoms with van der Waals surface area (Å²) in [5, 5.41) is 18.9. The minimum Gasteiger partial charge on any atom is -0.262 e. The predicted molar refractivity (Wildman–Crippen MR) is 109 cm³/mol. The van der Waals surface area contributed by atoms with Gasteiger partial charge in [0, 0.05) is 24.6 Å². The quantitative estimate of drug-likeness (QED) is 0.558. The van der Waals surface area contributed by atoms with Crippen molar-refractivity contribution in [2.45, 2.75) is 60.9 Å². The number of nitro groups is 1. The molecule has 1 atom stereocenters. The van der Waals surface area contributed by atoms with Crippen LogP contribution in [0.5, 0.6) is 0 Å². The second kappa shape index (κ2) is 8.04. The molecule has 0 spiro atoms. The molecule has 9 nitrogen and oxygen atoms in total. The zero-order chi connectivity index (χ0) is 21.4. The van der Waals surface area contributed by atoms with Crippen LogP contribution in [0, 0.1) is 16.0 Å². The van der Waals surface area contributed by atoms with E-state index in [-0.39, 0.29) is 21.9 Å². The predicted octanol–water partition coefficient (Wildman–Crippen LogP) is 3.58. The highest BCUT2D eigenvalue weighted by atomic mass is 32.2. The zero-order valence-electron chi connectivity index (χ0n) is 16.9. The summed E-state index contributed by atoms with van der Waals surface area (Å²) in [5.74, 6) is 0.937. The molecular weight excluding hydrogens is 414 g/mol. The highest BCUT2D eigenvalue weighted by Crippen LogP contribution is 2.36. The zero-order valence-corrected chi connectivity index (χ0v) is 18.5. The van der Waals surface area contributed by atoms with Gasteiger partial charge in [0.15, 0.2) is 0 Å². The molecule has 1 aromatic heterocycles. The standard InChI is InChI=1S/C18H25N5O4S2/c1-12-6-5-9-22(11-12)29(26,27)13-7-8-15(14(10-13)23(24)25)28-17-19-16(20-21-17)18(2,3)4/h7-8,10,12H,5-6,9,11H2,1-4H3,(H,19,20,21). The van der Waals surface area contributed by atoms with Crippen molar-refractivity contribution in [3.8, 4) is 0 Å². The lowest BCUT2D eigenvalue weighted by Crippen LogP contribution is -2.39. The molecule has 0 saturated carbocycles. The fraction of sp³-hybridized carbons (Fsp3) is 0.556. The van der Waals surface area contributed by atoms with Gasteiger partial charge in [-0.25, -0.2) is 13.4 Å². The molecule has 1 saturated heterocycles. The third-order valence-electron chi connectivity index (χ3n) is 4.76. The van der Waals surface area contributed by atoms with Gasteiger partial charge < -0.3 is 0 Å². The average molecular weight is 440 g/mol. The number of aromatic nitrogens is 3. The van der Waals surface area contributed by atoms with E-state index < -0.39 is 14.9 Å². The van der Waals surface area contributed by atoms with Crippen LogP contribution in [0.1, 0.15) is 46.4 Å². The van der Waals surface area contributed by atoms with Gasteiger partial charge in [0.1, 0.15) is 5.82 Å². The molecule has 2 aromatic rings. The molecule has 0 bridgehead atoms. The van der Waals surface area contributed by atoms with Crippen LogP contribution in [-0.4, -0.2) is 45.9 Å². The molecule has 1 aromatic carbocycles. The maximum absolute atomic E-state index is 13.0. The molecule has 2 heterocycles. The molecule has 3 rings (SSSR count). The number of nitrogens with one attached hydrogen (secondary N) is 1. The number of nitrogens with zero attached hydrogens (tertiary/aromatic N) is 4. The van der Waals surface area contributed by atoms with E-state index in [0.29, 0.717) is 29.0 Å². The van der Waals surface area contributed by atoms with Gasteiger partial charge in [-0.15, -0.1) is 5.10 Å². The van der Waals surface area contributed by atoms with Crippen LogP contribution in [0.2, 0.25) is 0 Å². The molecule has 1 unspecified atom stereocenters. The second-order valence-corrected chi connectivity index (χ2v) is 11.3. The van der Waals surface area contributed by atoms with E-state index in [1.54, 1.807) is 0 Å². The maximum atomic E-state index is 13.0. The molecule has 0 amide bonds. The van der Waals surface area contributed by atoms with Crippen molar-refractivity contribution in [2.75, 3.05) is 13.1 Å². The molecule has 1 N–H and O–H groups in total. The first-order valence-corrected chi connectivity index (χ1v) is 11.6. The summed E-state index contributed by atoms with van der Waals surface area (Å²) in [6, 6.07) is 4.01. The Bertz CT molecular complexity index is 1010. The summed E-state index contributed by atoms with van der Waals surface area (Å²) in [6.07, 6.45) is 1.77. The lowest BCUT2D eigenvalue weighted by Gasteiger charge is -2.30. The number of piperidine rings is 1. The van der Waals surface area contributed by atoms with Crippen LogP contribution in [-0.2, 0) is 15.4 Å². The molecule has 158 valence electrons. The topological polar surface area (TPSA) is 122 Å². The Labute approximate surface area is 174 Å². The van der Waals surface area contributed by atoms with Gasteiger partial charge >= 0.3 is 0 Å². The Kier molecular flexibility index (Phi) is 6.02. The molecule has 11 heteroatoms. The van der Waals surface area contributed by atoms with Crippen molar-refractivity contribution in [1.29, 1.82) is 0 Å². The first-order valence-electron chi connectivity index (χ1n) is 9.38. The van der Waals surface area contributed by atoms with Crippen molar-refractivity contribution in [2.24, 2.45) is 5.92 Å². The van der Waals surface area contributed by atoms with Crippen molar-refractivity contribution in [3.63, 3.8) is 0 Å². The molecule has 29 heavy (non-hydrogen) atoms. The number of hydrogen-bond acceptors (Lipinski definition) is 7. The first-order chi connectivity index (χ1) is 13.5. The van der Waals surface area contributed by atoms with E-state index in [4.69, 9.17) is 0 Å². The van der Waals surface area contributed by atoms with Crippen molar-refractivity contribution in [1.82, 2.24) is 19.5 Å². The molecule has 1 aliphatic rings. The van der Waals surface area contributed by atoms with Crippen molar-refractivity contribution >= 4 is 27.5 Å². The number of aromatic amines is 1. The molecule has 0 radical (unpaired) electrons. The Hall–Kier alpha value is -1.98. The van der Waals surface area contributed by atoms with Gasteiger partial charge in [-0.05, 0) is 42.7 Å². The van der Waals surface area contributed by atoms with E-state index in [1.165, 1.54) is 16.4 Å². The summed E-state index contributed by atoms with van der Waals surface area (Å²) in [5.41, 5.74) is -0.510. The van der Waals surface area contributed by atoms with Gasteiger partial charge in [0.05, 0.1) is 14.7 Å². The van der Waals surface area contributed by atoms with Gasteiger partial charge in [-0.3, -0.25) is 15.2 Å². The fourth-order valence-corrected chi connectivity index (χ4v) is 5.54. The van der Waals surface area contributed by atoms with E-state index in [0.717, 1.165) is 30.7 Å². The maximum Gasteiger partial charge on any atom is 0.284 e. The van der Waals surface area contributed by atoms with Crippen molar-refractivity contribution in [3.05, 3.63) is 34.1 Å². The third kappa shape index (κ3) is 4.78. The van der Waals surface area contributed by atoms with E-state index >= 15 is 0 Å². The fourth-order valence-electron chi connectivity index (χ4n) is 3.13. The third-order valence-corrected chi connectivity index (χ3v) is 7.55. The lowest BCUT2D eigenvalue weighted by atomic mass is 9.96. The van der Waals surface area contributed by atoms with Crippen molar-refractivity contribution < 1.29 is 13.3 Å². The Morgan fingerprint density at radius 3 is 2.66 bits per heavy atom. The first kappa shape index (κ1) is 21.7. The monoisotopic (exact) mass is 439 g/mol. The van der Waals surface area contributed by atoms with Crippen LogP contribution in [0.4, 0.5) is 5.69 Å². The SMILES string of the molecule is CC1CCCN(S(=O)(=O)c2ccc(Sc3n[nH]c(C(C)(C)C)n3)c([N+](=O)[O-])c2)C1. The molecule has 0 aliphatic carbocycles. The number of sulfonamides is 1. The number of H-pyrrole nitrogens is 1. The Morgan fingerprint density at radius 2 is 2.07 bits per heavy atom. The largest absolute Gasteiger partial charge is 0.284 e. The summed E-state index contributed by atoms with van der Waals surface area (Å²) in [7, 11) is -3.77.